The lowest BCUT2D eigenvalue weighted by Gasteiger charge is -2.27. The summed E-state index contributed by atoms with van der Waals surface area (Å²) in [6.07, 6.45) is -5.23. The van der Waals surface area contributed by atoms with Crippen molar-refractivity contribution < 1.29 is 56.8 Å². The molecule has 0 amide bonds. The van der Waals surface area contributed by atoms with Gasteiger partial charge in [0.05, 0.1) is 12.9 Å². The highest BCUT2D eigenvalue weighted by Crippen LogP contribution is 2.68. The van der Waals surface area contributed by atoms with Crippen molar-refractivity contribution in [2.45, 2.75) is 24.5 Å². The number of nitrogen functional groups attached to an aromatic ring is 1. The van der Waals surface area contributed by atoms with E-state index < -0.39 is 59.5 Å². The van der Waals surface area contributed by atoms with Crippen LogP contribution in [0.2, 0.25) is 0 Å². The van der Waals surface area contributed by atoms with Crippen molar-refractivity contribution in [1.29, 1.82) is 0 Å². The molecule has 180 valence electrons. The smallest absolute Gasteiger partial charge is 0.515 e. The van der Waals surface area contributed by atoms with E-state index in [0.29, 0.717) is 0 Å². The quantitative estimate of drug-likeness (QED) is 0.131. The van der Waals surface area contributed by atoms with Gasteiger partial charge in [-0.3, -0.25) is 18.9 Å². The summed E-state index contributed by atoms with van der Waals surface area (Å²) < 4.78 is 41.6. The number of nitrogens with two attached hydrogens (primary N) is 1. The van der Waals surface area contributed by atoms with Gasteiger partial charge >= 0.3 is 15.6 Å². The fourth-order valence-electron chi connectivity index (χ4n) is 2.69. The summed E-state index contributed by atoms with van der Waals surface area (Å²) in [6, 6.07) is 0. The third-order valence-corrected chi connectivity index (χ3v) is 8.25. The van der Waals surface area contributed by atoms with Gasteiger partial charge in [-0.25, -0.2) is 19.0 Å². The first-order valence-corrected chi connectivity index (χ1v) is 13.7. The number of H-pyrrole nitrogens is 1. The van der Waals surface area contributed by atoms with Crippen LogP contribution in [0.3, 0.4) is 0 Å². The van der Waals surface area contributed by atoms with E-state index in [1.165, 1.54) is 0 Å². The van der Waals surface area contributed by atoms with E-state index in [9.17, 15) is 38.8 Å². The number of fused-ring (bicyclic) bond motifs is 1. The van der Waals surface area contributed by atoms with E-state index in [1.807, 2.05) is 0 Å². The third kappa shape index (κ3) is 5.91. The largest absolute Gasteiger partial charge is 0.648 e. The topological polar surface area (TPSA) is 285 Å². The molecule has 3 heterocycles. The molecule has 2 aromatic heterocycles. The number of imidazole rings is 1. The number of aromatic amines is 1. The maximum atomic E-state index is 11.9. The third-order valence-electron chi connectivity index (χ3n) is 3.88. The minimum atomic E-state index is -5.59. The molecule has 0 aromatic carbocycles. The van der Waals surface area contributed by atoms with Crippen molar-refractivity contribution in [2.24, 2.45) is 0 Å². The van der Waals surface area contributed by atoms with Crippen LogP contribution in [0.25, 0.3) is 11.2 Å². The molecule has 0 bridgehead atoms. The number of aromatic nitrogens is 4. The molecule has 1 aliphatic heterocycles. The summed E-state index contributed by atoms with van der Waals surface area (Å²) in [5.41, 5.74) is 4.54. The van der Waals surface area contributed by atoms with E-state index >= 15 is 0 Å². The predicted octanol–water partition coefficient (Wildman–Crippen LogP) is -2.85. The number of nitrogens with one attached hydrogen (secondary N) is 1. The molecule has 22 heteroatoms. The number of nitrogens with zero attached hydrogens (tertiary/aromatic N) is 3. The molecule has 1 fully saturated rings. The molecule has 8 N–H and O–H groups in total. The minimum absolute atomic E-state index is 0.101. The number of ether oxygens (including phenoxy) is 1. The molecule has 0 saturated carbocycles. The second kappa shape index (κ2) is 8.98. The zero-order valence-corrected chi connectivity index (χ0v) is 18.8. The van der Waals surface area contributed by atoms with Gasteiger partial charge in [0.1, 0.15) is 25.5 Å². The van der Waals surface area contributed by atoms with Crippen molar-refractivity contribution >= 4 is 52.2 Å². The van der Waals surface area contributed by atoms with E-state index in [2.05, 4.69) is 40.3 Å². The van der Waals surface area contributed by atoms with Crippen molar-refractivity contribution in [1.82, 2.24) is 19.5 Å². The Balaban J connectivity index is 1.72. The second-order valence-corrected chi connectivity index (χ2v) is 11.9. The van der Waals surface area contributed by atoms with Crippen LogP contribution in [0.4, 0.5) is 5.95 Å². The first kappa shape index (κ1) is 25.6. The van der Waals surface area contributed by atoms with Crippen molar-refractivity contribution in [3.05, 3.63) is 16.7 Å². The van der Waals surface area contributed by atoms with Crippen LogP contribution < -0.4 is 16.2 Å². The van der Waals surface area contributed by atoms with Gasteiger partial charge in [0.2, 0.25) is 5.95 Å². The number of aliphatic hydroxyl groups excluding tert-OH is 2. The molecule has 32 heavy (non-hydrogen) atoms. The van der Waals surface area contributed by atoms with Gasteiger partial charge in [-0.1, -0.05) is 0 Å². The van der Waals surface area contributed by atoms with Gasteiger partial charge < -0.3 is 47.6 Å². The number of rotatable bonds is 8. The van der Waals surface area contributed by atoms with Gasteiger partial charge in [-0.15, -0.1) is 4.31 Å². The molecule has 0 spiro atoms. The first-order chi connectivity index (χ1) is 14.6. The number of hydrogen-bond acceptors (Lipinski definition) is 15. The molecule has 7 atom stereocenters. The Kier molecular flexibility index (Phi) is 7.18. The Bertz CT molecular complexity index is 1150. The Morgan fingerprint density at radius 1 is 1.34 bits per heavy atom. The average molecular weight is 538 g/mol. The van der Waals surface area contributed by atoms with Crippen molar-refractivity contribution in [2.75, 3.05) is 12.3 Å². The zero-order chi connectivity index (χ0) is 24.1. The molecule has 18 nitrogen and oxygen atoms in total. The summed E-state index contributed by atoms with van der Waals surface area (Å²) in [5, 5.41) is 20.4. The summed E-state index contributed by atoms with van der Waals surface area (Å²) in [6.45, 7) is -0.976. The van der Waals surface area contributed by atoms with Gasteiger partial charge in [-0.05, 0) is 0 Å². The summed E-state index contributed by atoms with van der Waals surface area (Å²) in [7, 11) is -16.0. The van der Waals surface area contributed by atoms with Crippen LogP contribution in [0.1, 0.15) is 6.23 Å². The second-order valence-electron chi connectivity index (χ2n) is 6.19. The molecular weight excluding hydrogens is 523 g/mol. The Morgan fingerprint density at radius 2 is 2.00 bits per heavy atom. The van der Waals surface area contributed by atoms with Gasteiger partial charge in [0, 0.05) is 0 Å². The Morgan fingerprint density at radius 3 is 2.62 bits per heavy atom. The monoisotopic (exact) mass is 538 g/mol. The lowest BCUT2D eigenvalue weighted by Crippen LogP contribution is -2.33. The molecule has 0 radical (unpaired) electrons. The number of phosphoric acid groups is 2. The van der Waals surface area contributed by atoms with Crippen LogP contribution in [0.15, 0.2) is 11.1 Å². The minimum Gasteiger partial charge on any atom is -0.648 e. The Hall–Kier alpha value is -1.01. The lowest BCUT2D eigenvalue weighted by molar-refractivity contribution is -0.196. The highest BCUT2D eigenvalue weighted by molar-refractivity contribution is 8.35. The highest BCUT2D eigenvalue weighted by Gasteiger charge is 2.46. The highest BCUT2D eigenvalue weighted by atomic mass is 32.7. The lowest BCUT2D eigenvalue weighted by atomic mass is 10.1. The first-order valence-electron chi connectivity index (χ1n) is 8.09. The van der Waals surface area contributed by atoms with Crippen LogP contribution in [0.5, 0.6) is 0 Å². The molecule has 1 saturated heterocycles. The predicted molar refractivity (Wildman–Crippen MR) is 103 cm³/mol. The van der Waals surface area contributed by atoms with Gasteiger partial charge in [0.15, 0.2) is 17.4 Å². The fourth-order valence-corrected chi connectivity index (χ4v) is 6.45. The SMILES string of the molecule is Nc1nc2c(ncn2[C@@H]2O[C@H](COP(=O)(O)OP(=O)(O)O[P+]([O-])(O)[S-])[C@@H](O)[C@H]2O)c(=O)[nH]1. The molecule has 3 rings (SSSR count). The molecule has 0 aliphatic carbocycles. The summed E-state index contributed by atoms with van der Waals surface area (Å²) >= 11 is 3.85. The van der Waals surface area contributed by atoms with Crippen molar-refractivity contribution in [3.63, 3.8) is 0 Å². The zero-order valence-electron chi connectivity index (χ0n) is 15.3. The maximum Gasteiger partial charge on any atom is 0.515 e. The molecular formula is C10H15N5O13P3S-. The van der Waals surface area contributed by atoms with E-state index in [4.69, 9.17) is 15.4 Å². The average Bonchev–Trinajstić information content (AvgIpc) is 3.12. The van der Waals surface area contributed by atoms with Crippen LogP contribution >= 0.6 is 22.8 Å². The normalized spacial score (nSPS) is 29.5. The van der Waals surface area contributed by atoms with Crippen molar-refractivity contribution in [3.8, 4) is 0 Å². The van der Waals surface area contributed by atoms with E-state index in [1.54, 1.807) is 0 Å². The number of anilines is 1. The number of phosphoric ester groups is 1. The van der Waals surface area contributed by atoms with E-state index in [-0.39, 0.29) is 17.1 Å². The fraction of sp³-hybridized carbons (Fsp3) is 0.500. The van der Waals surface area contributed by atoms with E-state index in [0.717, 1.165) is 10.9 Å². The van der Waals surface area contributed by atoms with Crippen LogP contribution in [0, 0.1) is 0 Å². The molecule has 1 aliphatic rings. The molecule has 3 unspecified atom stereocenters. The van der Waals surface area contributed by atoms with Crippen LogP contribution in [-0.2, 0) is 39.3 Å². The van der Waals surface area contributed by atoms with Gasteiger partial charge in [0.25, 0.3) is 5.56 Å². The Labute approximate surface area is 182 Å². The molecule has 2 aromatic rings. The number of aliphatic hydroxyl groups is 2. The standard InChI is InChI=1S/C10H16N5O13P3S/c11-10-13-7-4(8(18)14-10)12-2-15(7)9-6(17)5(16)3(26-9)1-25-29(19,20)27-30(21,22)28-31(23,24)32/h2-3,5-6,9,16-17H,1H2,(H,19,20)(H,21,22)(H2,23,24,32)(H3,11,13,14,18)/p-1/t3-,5-,6-,9-/m1/s1. The number of hydrogen-bond donors (Lipinski definition) is 7. The summed E-state index contributed by atoms with van der Waals surface area (Å²) in [5.74, 6) is -0.266. The summed E-state index contributed by atoms with van der Waals surface area (Å²) in [4.78, 5) is 60.1. The van der Waals surface area contributed by atoms with Gasteiger partial charge in [-0.2, -0.15) is 9.29 Å². The van der Waals surface area contributed by atoms with Crippen LogP contribution in [-0.4, -0.2) is 69.3 Å². The maximum absolute atomic E-state index is 11.9.